The molecule has 0 aromatic carbocycles. The quantitative estimate of drug-likeness (QED) is 0.612. The minimum Gasteiger partial charge on any atom is -0.456 e. The van der Waals surface area contributed by atoms with Crippen molar-refractivity contribution in [3.63, 3.8) is 0 Å². The van der Waals surface area contributed by atoms with Crippen molar-refractivity contribution in [1.82, 2.24) is 30.4 Å². The van der Waals surface area contributed by atoms with E-state index in [9.17, 15) is 18.4 Å². The van der Waals surface area contributed by atoms with Gasteiger partial charge in [0.05, 0.1) is 31.0 Å². The van der Waals surface area contributed by atoms with Crippen LogP contribution < -0.4 is 5.32 Å². The highest BCUT2D eigenvalue weighted by Crippen LogP contribution is 2.34. The third kappa shape index (κ3) is 4.25. The Labute approximate surface area is 181 Å². The van der Waals surface area contributed by atoms with Crippen molar-refractivity contribution >= 4 is 11.8 Å². The first-order valence-corrected chi connectivity index (χ1v) is 9.98. The maximum absolute atomic E-state index is 14.2. The van der Waals surface area contributed by atoms with Gasteiger partial charge in [-0.2, -0.15) is 0 Å². The van der Waals surface area contributed by atoms with E-state index in [1.165, 1.54) is 24.0 Å². The van der Waals surface area contributed by atoms with Crippen LogP contribution >= 0.6 is 0 Å². The molecule has 2 amide bonds. The Kier molecular flexibility index (Phi) is 5.53. The lowest BCUT2D eigenvalue weighted by Gasteiger charge is -2.22. The fourth-order valence-corrected chi connectivity index (χ4v) is 3.79. The lowest BCUT2D eigenvalue weighted by Crippen LogP contribution is -2.38. The van der Waals surface area contributed by atoms with Crippen LogP contribution in [0, 0.1) is 13.8 Å². The number of hydrogen-bond donors (Lipinski definition) is 1. The number of hydrogen-bond acceptors (Lipinski definition) is 7. The summed E-state index contributed by atoms with van der Waals surface area (Å²) in [5, 5.41) is 13.8. The minimum atomic E-state index is -3.04. The van der Waals surface area contributed by atoms with Gasteiger partial charge in [-0.1, -0.05) is 10.4 Å². The van der Waals surface area contributed by atoms with Crippen LogP contribution in [-0.4, -0.2) is 62.4 Å². The first kappa shape index (κ1) is 21.7. The van der Waals surface area contributed by atoms with Crippen molar-refractivity contribution in [2.75, 3.05) is 13.6 Å². The van der Waals surface area contributed by atoms with Gasteiger partial charge in [-0.05, 0) is 26.0 Å². The lowest BCUT2D eigenvalue weighted by atomic mass is 10.1. The monoisotopic (exact) mass is 448 g/mol. The highest BCUT2D eigenvalue weighted by atomic mass is 19.3. The van der Waals surface area contributed by atoms with E-state index in [1.807, 2.05) is 0 Å². The van der Waals surface area contributed by atoms with Gasteiger partial charge in [0.25, 0.3) is 17.7 Å². The van der Waals surface area contributed by atoms with Gasteiger partial charge in [-0.25, -0.2) is 13.5 Å². The molecule has 0 aliphatic carbocycles. The summed E-state index contributed by atoms with van der Waals surface area (Å²) in [6, 6.07) is 2.27. The maximum Gasteiger partial charge on any atom is 0.290 e. The van der Waals surface area contributed by atoms with E-state index in [2.05, 4.69) is 20.8 Å². The number of carbonyl (C=O) groups excluding carboxylic acids is 2. The highest BCUT2D eigenvalue weighted by Gasteiger charge is 2.48. The number of nitrogens with one attached hydrogen (secondary N) is 1. The molecule has 0 spiro atoms. The van der Waals surface area contributed by atoms with Gasteiger partial charge < -0.3 is 19.2 Å². The summed E-state index contributed by atoms with van der Waals surface area (Å²) in [5.74, 6) is -3.01. The summed E-state index contributed by atoms with van der Waals surface area (Å²) in [6.45, 7) is 2.82. The van der Waals surface area contributed by atoms with Crippen LogP contribution in [-0.2, 0) is 13.0 Å². The van der Waals surface area contributed by atoms with Crippen LogP contribution in [0.4, 0.5) is 8.78 Å². The average Bonchev–Trinajstić information content (AvgIpc) is 3.52. The van der Waals surface area contributed by atoms with Crippen LogP contribution in [0.3, 0.4) is 0 Å². The molecule has 1 aliphatic heterocycles. The Morgan fingerprint density at radius 3 is 2.78 bits per heavy atom. The van der Waals surface area contributed by atoms with Crippen LogP contribution in [0.1, 0.15) is 50.2 Å². The smallest absolute Gasteiger partial charge is 0.290 e. The molecule has 4 rings (SSSR count). The first-order chi connectivity index (χ1) is 15.2. The summed E-state index contributed by atoms with van der Waals surface area (Å²) >= 11 is 0. The number of likely N-dealkylation sites (tertiary alicyclic amines) is 1. The Bertz CT molecular complexity index is 1130. The van der Waals surface area contributed by atoms with Crippen molar-refractivity contribution < 1.29 is 27.3 Å². The van der Waals surface area contributed by atoms with Gasteiger partial charge in [0.15, 0.2) is 11.5 Å². The molecule has 1 saturated heterocycles. The molecular formula is C20H22F2N6O4. The number of carbonyl (C=O) groups is 2. The first-order valence-electron chi connectivity index (χ1n) is 9.98. The van der Waals surface area contributed by atoms with Crippen LogP contribution in [0.25, 0.3) is 0 Å². The summed E-state index contributed by atoms with van der Waals surface area (Å²) in [4.78, 5) is 25.7. The standard InChI is InChI=1S/C20H22F2N6O4/c1-11-15(12(2)32-25-11)6-14-4-5-17(31-14)19(30)28-10-20(21,22)7-13(28)8-27-9-16(24-26-27)18(29)23-3/h4-5,9,13H,6-8,10H2,1-3H3,(H,23,29). The summed E-state index contributed by atoms with van der Waals surface area (Å²) in [6.07, 6.45) is 1.20. The molecule has 0 bridgehead atoms. The molecule has 3 aromatic rings. The van der Waals surface area contributed by atoms with Gasteiger partial charge in [0.1, 0.15) is 11.5 Å². The number of nitrogens with zero attached hydrogens (tertiary/aromatic N) is 5. The van der Waals surface area contributed by atoms with Gasteiger partial charge >= 0.3 is 0 Å². The van der Waals surface area contributed by atoms with E-state index in [-0.39, 0.29) is 18.0 Å². The predicted octanol–water partition coefficient (Wildman–Crippen LogP) is 1.98. The fourth-order valence-electron chi connectivity index (χ4n) is 3.79. The van der Waals surface area contributed by atoms with E-state index in [0.29, 0.717) is 17.9 Å². The fraction of sp³-hybridized carbons (Fsp3) is 0.450. The van der Waals surface area contributed by atoms with E-state index in [1.54, 1.807) is 19.9 Å². The highest BCUT2D eigenvalue weighted by molar-refractivity contribution is 5.92. The molecule has 170 valence electrons. The molecule has 1 fully saturated rings. The molecule has 32 heavy (non-hydrogen) atoms. The molecule has 4 heterocycles. The summed E-state index contributed by atoms with van der Waals surface area (Å²) in [7, 11) is 1.45. The molecule has 12 heteroatoms. The van der Waals surface area contributed by atoms with Crippen molar-refractivity contribution in [1.29, 1.82) is 0 Å². The molecule has 1 aliphatic rings. The molecule has 10 nitrogen and oxygen atoms in total. The normalized spacial score (nSPS) is 17.7. The maximum atomic E-state index is 14.2. The third-order valence-electron chi connectivity index (χ3n) is 5.44. The molecular weight excluding hydrogens is 426 g/mol. The second-order valence-corrected chi connectivity index (χ2v) is 7.80. The zero-order valence-electron chi connectivity index (χ0n) is 17.8. The topological polar surface area (TPSA) is 119 Å². The molecule has 3 aromatic heterocycles. The van der Waals surface area contributed by atoms with Gasteiger partial charge in [0, 0.05) is 25.5 Å². The van der Waals surface area contributed by atoms with Crippen molar-refractivity contribution in [3.8, 4) is 0 Å². The summed E-state index contributed by atoms with van der Waals surface area (Å²) < 4.78 is 40.5. The molecule has 1 atom stereocenters. The Morgan fingerprint density at radius 1 is 1.31 bits per heavy atom. The number of aryl methyl sites for hydroxylation is 2. The van der Waals surface area contributed by atoms with Crippen molar-refractivity contribution in [2.45, 2.75) is 45.2 Å². The third-order valence-corrected chi connectivity index (χ3v) is 5.44. The van der Waals surface area contributed by atoms with Gasteiger partial charge in [-0.15, -0.1) is 5.10 Å². The van der Waals surface area contributed by atoms with Crippen LogP contribution in [0.5, 0.6) is 0 Å². The van der Waals surface area contributed by atoms with E-state index < -0.39 is 36.7 Å². The van der Waals surface area contributed by atoms with Crippen LogP contribution in [0.15, 0.2) is 27.3 Å². The Morgan fingerprint density at radius 2 is 2.09 bits per heavy atom. The second-order valence-electron chi connectivity index (χ2n) is 7.80. The van der Waals surface area contributed by atoms with E-state index in [0.717, 1.165) is 16.2 Å². The van der Waals surface area contributed by atoms with Crippen molar-refractivity contribution in [2.24, 2.45) is 0 Å². The molecule has 1 N–H and O–H groups in total. The minimum absolute atomic E-state index is 0.0286. The predicted molar refractivity (Wildman–Crippen MR) is 105 cm³/mol. The molecule has 0 saturated carbocycles. The Hall–Kier alpha value is -3.57. The summed E-state index contributed by atoms with van der Waals surface area (Å²) in [5.41, 5.74) is 1.63. The average molecular weight is 448 g/mol. The Balaban J connectivity index is 1.50. The zero-order chi connectivity index (χ0) is 23.0. The second kappa shape index (κ2) is 8.17. The molecule has 0 radical (unpaired) electrons. The number of furan rings is 1. The van der Waals surface area contributed by atoms with Crippen molar-refractivity contribution in [3.05, 3.63) is 52.6 Å². The lowest BCUT2D eigenvalue weighted by molar-refractivity contribution is 0.0113. The van der Waals surface area contributed by atoms with E-state index >= 15 is 0 Å². The zero-order valence-corrected chi connectivity index (χ0v) is 17.8. The van der Waals surface area contributed by atoms with E-state index in [4.69, 9.17) is 8.94 Å². The van der Waals surface area contributed by atoms with Crippen LogP contribution in [0.2, 0.25) is 0 Å². The number of alkyl halides is 2. The largest absolute Gasteiger partial charge is 0.456 e. The molecule has 1 unspecified atom stereocenters. The number of halogens is 2. The van der Waals surface area contributed by atoms with Gasteiger partial charge in [0.2, 0.25) is 0 Å². The SMILES string of the molecule is CNC(=O)c1cn(CC2CC(F)(F)CN2C(=O)c2ccc(Cc3c(C)noc3C)o2)nn1. The number of amides is 2. The number of rotatable bonds is 6. The van der Waals surface area contributed by atoms with Gasteiger partial charge in [-0.3, -0.25) is 9.59 Å². The number of aromatic nitrogens is 4.